The molecule has 0 bridgehead atoms. The number of piperidine rings is 1. The normalized spacial score (nSPS) is 22.7. The van der Waals surface area contributed by atoms with Crippen LogP contribution in [0.15, 0.2) is 4.42 Å². The van der Waals surface area contributed by atoms with E-state index in [0.717, 1.165) is 25.9 Å². The Hall–Kier alpha value is -1.14. The average Bonchev–Trinajstić information content (AvgIpc) is 3.13. The Kier molecular flexibility index (Phi) is 3.70. The van der Waals surface area contributed by atoms with E-state index < -0.39 is 0 Å². The van der Waals surface area contributed by atoms with Crippen molar-refractivity contribution in [1.29, 1.82) is 0 Å². The predicted molar refractivity (Wildman–Crippen MR) is 70.8 cm³/mol. The topological polar surface area (TPSA) is 74.4 Å². The van der Waals surface area contributed by atoms with Crippen molar-refractivity contribution in [2.24, 2.45) is 5.92 Å². The lowest BCUT2D eigenvalue weighted by molar-refractivity contribution is 0.109. The molecule has 1 unspecified atom stereocenters. The Labute approximate surface area is 113 Å². The van der Waals surface area contributed by atoms with Crippen LogP contribution in [0.4, 0.5) is 6.01 Å². The number of rotatable bonds is 5. The monoisotopic (exact) mass is 266 g/mol. The molecule has 3 rings (SSSR count). The quantitative estimate of drug-likeness (QED) is 0.825. The van der Waals surface area contributed by atoms with Gasteiger partial charge in [0, 0.05) is 19.1 Å². The van der Waals surface area contributed by atoms with Gasteiger partial charge in [-0.05, 0) is 38.5 Å². The lowest BCUT2D eigenvalue weighted by Gasteiger charge is -2.31. The number of aliphatic hydroxyl groups is 1. The highest BCUT2D eigenvalue weighted by Gasteiger charge is 2.26. The lowest BCUT2D eigenvalue weighted by atomic mass is 9.92. The number of aliphatic hydroxyl groups excluding tert-OH is 1. The molecule has 2 heterocycles. The van der Waals surface area contributed by atoms with Crippen molar-refractivity contribution in [3.8, 4) is 0 Å². The highest BCUT2D eigenvalue weighted by Crippen LogP contribution is 2.24. The second-order valence-electron chi connectivity index (χ2n) is 5.70. The van der Waals surface area contributed by atoms with Gasteiger partial charge < -0.3 is 19.7 Å². The fraction of sp³-hybridized carbons (Fsp3) is 0.846. The number of hydrogen-bond acceptors (Lipinski definition) is 6. The number of nitrogens with one attached hydrogen (secondary N) is 1. The highest BCUT2D eigenvalue weighted by molar-refractivity contribution is 5.24. The van der Waals surface area contributed by atoms with Crippen molar-refractivity contribution in [3.05, 3.63) is 5.89 Å². The molecule has 19 heavy (non-hydrogen) atoms. The van der Waals surface area contributed by atoms with Gasteiger partial charge in [0.2, 0.25) is 5.89 Å². The fourth-order valence-corrected chi connectivity index (χ4v) is 2.54. The van der Waals surface area contributed by atoms with Gasteiger partial charge in [-0.3, -0.25) is 0 Å². The Balaban J connectivity index is 1.51. The molecule has 6 heteroatoms. The summed E-state index contributed by atoms with van der Waals surface area (Å²) in [5, 5.41) is 21.1. The van der Waals surface area contributed by atoms with Gasteiger partial charge in [-0.1, -0.05) is 5.10 Å². The van der Waals surface area contributed by atoms with Crippen LogP contribution in [-0.4, -0.2) is 40.5 Å². The molecule has 1 aliphatic heterocycles. The van der Waals surface area contributed by atoms with Gasteiger partial charge in [-0.25, -0.2) is 0 Å². The Morgan fingerprint density at radius 1 is 1.32 bits per heavy atom. The molecule has 0 radical (unpaired) electrons. The fourth-order valence-electron chi connectivity index (χ4n) is 2.54. The van der Waals surface area contributed by atoms with Gasteiger partial charge in [0.25, 0.3) is 0 Å². The molecule has 0 spiro atoms. The molecule has 1 saturated heterocycles. The van der Waals surface area contributed by atoms with Gasteiger partial charge >= 0.3 is 6.01 Å². The van der Waals surface area contributed by atoms with E-state index in [4.69, 9.17) is 4.42 Å². The van der Waals surface area contributed by atoms with Gasteiger partial charge in [-0.2, -0.15) is 0 Å². The van der Waals surface area contributed by atoms with Crippen LogP contribution in [0.25, 0.3) is 0 Å². The molecule has 1 aliphatic carbocycles. The molecule has 0 amide bonds. The smallest absolute Gasteiger partial charge is 0.318 e. The first-order valence-electron chi connectivity index (χ1n) is 7.21. The summed E-state index contributed by atoms with van der Waals surface area (Å²) in [5.41, 5.74) is 0. The second-order valence-corrected chi connectivity index (χ2v) is 5.70. The number of aromatic nitrogens is 2. The Morgan fingerprint density at radius 2 is 2.05 bits per heavy atom. The third-order valence-corrected chi connectivity index (χ3v) is 4.07. The minimum absolute atomic E-state index is 0.219. The minimum atomic E-state index is -0.219. The van der Waals surface area contributed by atoms with E-state index in [-0.39, 0.29) is 6.10 Å². The number of anilines is 1. The van der Waals surface area contributed by atoms with Gasteiger partial charge in [0.15, 0.2) is 0 Å². The van der Waals surface area contributed by atoms with E-state index in [2.05, 4.69) is 20.4 Å². The van der Waals surface area contributed by atoms with E-state index in [1.54, 1.807) is 0 Å². The maximum atomic E-state index is 9.59. The van der Waals surface area contributed by atoms with Crippen molar-refractivity contribution in [2.75, 3.05) is 18.0 Å². The van der Waals surface area contributed by atoms with Gasteiger partial charge in [0.1, 0.15) is 0 Å². The van der Waals surface area contributed by atoms with Crippen LogP contribution in [0.3, 0.4) is 0 Å². The molecule has 2 N–H and O–H groups in total. The van der Waals surface area contributed by atoms with Crippen LogP contribution < -0.4 is 10.2 Å². The summed E-state index contributed by atoms with van der Waals surface area (Å²) in [5.74, 6) is 1.06. The zero-order valence-electron chi connectivity index (χ0n) is 11.4. The van der Waals surface area contributed by atoms with E-state index in [1.165, 1.54) is 12.8 Å². The second kappa shape index (κ2) is 5.46. The molecule has 1 atom stereocenters. The van der Waals surface area contributed by atoms with Crippen molar-refractivity contribution in [1.82, 2.24) is 15.5 Å². The van der Waals surface area contributed by atoms with Crippen LogP contribution in [0, 0.1) is 5.92 Å². The maximum absolute atomic E-state index is 9.59. The van der Waals surface area contributed by atoms with Crippen molar-refractivity contribution in [2.45, 2.75) is 51.3 Å². The first kappa shape index (κ1) is 12.9. The standard InChI is InChI=1S/C13H22N4O2/c1-9(18)10-4-6-17(7-5-10)13-16-15-12(19-13)8-14-11-2-3-11/h9-11,14,18H,2-8H2,1H3. The first-order valence-corrected chi connectivity index (χ1v) is 7.21. The highest BCUT2D eigenvalue weighted by atomic mass is 16.4. The zero-order chi connectivity index (χ0) is 13.2. The van der Waals surface area contributed by atoms with Gasteiger partial charge in [0.05, 0.1) is 12.6 Å². The summed E-state index contributed by atoms with van der Waals surface area (Å²) < 4.78 is 5.68. The molecular weight excluding hydrogens is 244 g/mol. The average molecular weight is 266 g/mol. The molecule has 1 aromatic rings. The zero-order valence-corrected chi connectivity index (χ0v) is 11.4. The van der Waals surface area contributed by atoms with Crippen molar-refractivity contribution < 1.29 is 9.52 Å². The molecule has 6 nitrogen and oxygen atoms in total. The van der Waals surface area contributed by atoms with Crippen LogP contribution in [0.2, 0.25) is 0 Å². The largest absolute Gasteiger partial charge is 0.407 e. The van der Waals surface area contributed by atoms with Crippen LogP contribution in [-0.2, 0) is 6.54 Å². The third kappa shape index (κ3) is 3.25. The molecular formula is C13H22N4O2. The Morgan fingerprint density at radius 3 is 2.68 bits per heavy atom. The Bertz CT molecular complexity index is 409. The van der Waals surface area contributed by atoms with E-state index >= 15 is 0 Å². The van der Waals surface area contributed by atoms with E-state index in [1.807, 2.05) is 6.92 Å². The van der Waals surface area contributed by atoms with Crippen LogP contribution in [0.1, 0.15) is 38.5 Å². The first-order chi connectivity index (χ1) is 9.22. The lowest BCUT2D eigenvalue weighted by Crippen LogP contribution is -2.37. The summed E-state index contributed by atoms with van der Waals surface area (Å²) >= 11 is 0. The summed E-state index contributed by atoms with van der Waals surface area (Å²) in [7, 11) is 0. The van der Waals surface area contributed by atoms with E-state index in [9.17, 15) is 5.11 Å². The van der Waals surface area contributed by atoms with Crippen LogP contribution in [0.5, 0.6) is 0 Å². The van der Waals surface area contributed by atoms with E-state index in [0.29, 0.717) is 30.4 Å². The number of hydrogen-bond donors (Lipinski definition) is 2. The van der Waals surface area contributed by atoms with Crippen molar-refractivity contribution >= 4 is 6.01 Å². The van der Waals surface area contributed by atoms with Gasteiger partial charge in [-0.15, -0.1) is 5.10 Å². The third-order valence-electron chi connectivity index (χ3n) is 4.07. The molecule has 2 aliphatic rings. The predicted octanol–water partition coefficient (Wildman–Crippen LogP) is 0.919. The van der Waals surface area contributed by atoms with Crippen molar-refractivity contribution in [3.63, 3.8) is 0 Å². The maximum Gasteiger partial charge on any atom is 0.318 e. The summed E-state index contributed by atoms with van der Waals surface area (Å²) in [6.07, 6.45) is 4.26. The molecule has 0 aromatic carbocycles. The number of nitrogens with zero attached hydrogens (tertiary/aromatic N) is 3. The SMILES string of the molecule is CC(O)C1CCN(c2nnc(CNC3CC3)o2)CC1. The summed E-state index contributed by atoms with van der Waals surface area (Å²) in [6.45, 7) is 4.30. The summed E-state index contributed by atoms with van der Waals surface area (Å²) in [6, 6.07) is 1.27. The molecule has 106 valence electrons. The minimum Gasteiger partial charge on any atom is -0.407 e. The molecule has 1 saturated carbocycles. The molecule has 1 aromatic heterocycles. The summed E-state index contributed by atoms with van der Waals surface area (Å²) in [4.78, 5) is 2.12. The molecule has 2 fully saturated rings. The van der Waals surface area contributed by atoms with Crippen LogP contribution >= 0.6 is 0 Å².